The van der Waals surface area contributed by atoms with Crippen molar-refractivity contribution in [2.45, 2.75) is 26.7 Å². The third-order valence-electron chi connectivity index (χ3n) is 2.75. The SMILES string of the molecule is CCCCN1C(=O)NC(=Cc2ccc(C)s2)C1=O. The monoisotopic (exact) mass is 264 g/mol. The van der Waals surface area contributed by atoms with E-state index in [1.54, 1.807) is 17.4 Å². The average molecular weight is 264 g/mol. The van der Waals surface area contributed by atoms with Gasteiger partial charge in [0.1, 0.15) is 5.70 Å². The molecule has 1 fully saturated rings. The minimum atomic E-state index is -0.312. The molecule has 0 aromatic carbocycles. The fraction of sp³-hybridized carbons (Fsp3) is 0.385. The number of urea groups is 1. The summed E-state index contributed by atoms with van der Waals surface area (Å²) in [5.41, 5.74) is 0.373. The summed E-state index contributed by atoms with van der Waals surface area (Å²) in [6.07, 6.45) is 3.54. The van der Waals surface area contributed by atoms with Crippen molar-refractivity contribution in [3.63, 3.8) is 0 Å². The molecule has 0 saturated carbocycles. The Kier molecular flexibility index (Phi) is 3.81. The summed E-state index contributed by atoms with van der Waals surface area (Å²) in [6.45, 7) is 4.53. The van der Waals surface area contributed by atoms with Crippen molar-refractivity contribution >= 4 is 29.4 Å². The number of unbranched alkanes of at least 4 members (excludes halogenated alkanes) is 1. The van der Waals surface area contributed by atoms with Crippen LogP contribution in [-0.4, -0.2) is 23.4 Å². The van der Waals surface area contributed by atoms with E-state index in [9.17, 15) is 9.59 Å². The van der Waals surface area contributed by atoms with Crippen LogP contribution in [0.4, 0.5) is 4.79 Å². The molecule has 3 amide bonds. The number of nitrogens with zero attached hydrogens (tertiary/aromatic N) is 1. The van der Waals surface area contributed by atoms with Gasteiger partial charge in [-0.25, -0.2) is 4.79 Å². The molecule has 1 aromatic heterocycles. The lowest BCUT2D eigenvalue weighted by molar-refractivity contribution is -0.122. The molecule has 96 valence electrons. The highest BCUT2D eigenvalue weighted by Crippen LogP contribution is 2.20. The van der Waals surface area contributed by atoms with Gasteiger partial charge in [-0.3, -0.25) is 9.69 Å². The van der Waals surface area contributed by atoms with Gasteiger partial charge in [-0.15, -0.1) is 11.3 Å². The third kappa shape index (κ3) is 2.61. The summed E-state index contributed by atoms with van der Waals surface area (Å²) >= 11 is 1.60. The van der Waals surface area contributed by atoms with Crippen molar-refractivity contribution in [2.24, 2.45) is 0 Å². The average Bonchev–Trinajstić information content (AvgIpc) is 2.84. The number of amides is 3. The normalized spacial score (nSPS) is 17.7. The predicted octanol–water partition coefficient (Wildman–Crippen LogP) is 2.75. The van der Waals surface area contributed by atoms with Gasteiger partial charge in [0.25, 0.3) is 5.91 Å². The van der Waals surface area contributed by atoms with E-state index >= 15 is 0 Å². The number of aryl methyl sites for hydroxylation is 1. The molecule has 1 N–H and O–H groups in total. The fourth-order valence-electron chi connectivity index (χ4n) is 1.76. The first-order chi connectivity index (χ1) is 8.61. The molecule has 1 aliphatic rings. The molecule has 1 saturated heterocycles. The van der Waals surface area contributed by atoms with Gasteiger partial charge in [0, 0.05) is 16.3 Å². The number of carbonyl (C=O) groups is 2. The number of hydrogen-bond donors (Lipinski definition) is 1. The highest BCUT2D eigenvalue weighted by atomic mass is 32.1. The third-order valence-corrected chi connectivity index (χ3v) is 3.69. The molecule has 4 nitrogen and oxygen atoms in total. The van der Waals surface area contributed by atoms with Crippen molar-refractivity contribution in [3.05, 3.63) is 27.6 Å². The van der Waals surface area contributed by atoms with E-state index in [-0.39, 0.29) is 11.9 Å². The van der Waals surface area contributed by atoms with Crippen LogP contribution in [-0.2, 0) is 4.79 Å². The highest BCUT2D eigenvalue weighted by Gasteiger charge is 2.32. The lowest BCUT2D eigenvalue weighted by Gasteiger charge is -2.09. The van der Waals surface area contributed by atoms with Gasteiger partial charge < -0.3 is 5.32 Å². The van der Waals surface area contributed by atoms with Gasteiger partial charge in [0.15, 0.2) is 0 Å². The molecule has 2 heterocycles. The smallest absolute Gasteiger partial charge is 0.303 e. The fourth-order valence-corrected chi connectivity index (χ4v) is 2.58. The summed E-state index contributed by atoms with van der Waals surface area (Å²) in [5.74, 6) is -0.223. The molecule has 1 aromatic rings. The van der Waals surface area contributed by atoms with Crippen LogP contribution in [0, 0.1) is 6.92 Å². The zero-order valence-corrected chi connectivity index (χ0v) is 11.3. The lowest BCUT2D eigenvalue weighted by Crippen LogP contribution is -2.31. The first-order valence-corrected chi connectivity index (χ1v) is 6.84. The van der Waals surface area contributed by atoms with E-state index < -0.39 is 0 Å². The minimum Gasteiger partial charge on any atom is -0.303 e. The van der Waals surface area contributed by atoms with Gasteiger partial charge in [-0.1, -0.05) is 13.3 Å². The van der Waals surface area contributed by atoms with Crippen molar-refractivity contribution in [3.8, 4) is 0 Å². The van der Waals surface area contributed by atoms with Gasteiger partial charge in [-0.05, 0) is 31.6 Å². The maximum atomic E-state index is 12.0. The highest BCUT2D eigenvalue weighted by molar-refractivity contribution is 7.12. The minimum absolute atomic E-state index is 0.223. The van der Waals surface area contributed by atoms with Gasteiger partial charge in [0.2, 0.25) is 0 Å². The van der Waals surface area contributed by atoms with Crippen LogP contribution in [0.3, 0.4) is 0 Å². The van der Waals surface area contributed by atoms with Crippen LogP contribution < -0.4 is 5.32 Å². The molecular formula is C13H16N2O2S. The number of imide groups is 1. The Morgan fingerprint density at radius 1 is 1.39 bits per heavy atom. The Bertz CT molecular complexity index is 505. The molecular weight excluding hydrogens is 248 g/mol. The molecule has 0 spiro atoms. The Morgan fingerprint density at radius 3 is 2.78 bits per heavy atom. The van der Waals surface area contributed by atoms with Crippen LogP contribution in [0.15, 0.2) is 17.8 Å². The van der Waals surface area contributed by atoms with E-state index in [0.717, 1.165) is 17.7 Å². The molecule has 0 atom stereocenters. The second kappa shape index (κ2) is 5.35. The maximum absolute atomic E-state index is 12.0. The number of rotatable bonds is 4. The van der Waals surface area contributed by atoms with E-state index in [4.69, 9.17) is 0 Å². The summed E-state index contributed by atoms with van der Waals surface area (Å²) in [6, 6.07) is 3.63. The second-order valence-electron chi connectivity index (χ2n) is 4.25. The summed E-state index contributed by atoms with van der Waals surface area (Å²) in [5, 5.41) is 2.63. The van der Waals surface area contributed by atoms with Gasteiger partial charge in [-0.2, -0.15) is 0 Å². The second-order valence-corrected chi connectivity index (χ2v) is 5.57. The number of nitrogens with one attached hydrogen (secondary N) is 1. The lowest BCUT2D eigenvalue weighted by atomic mass is 10.3. The van der Waals surface area contributed by atoms with Crippen molar-refractivity contribution < 1.29 is 9.59 Å². The van der Waals surface area contributed by atoms with Crippen LogP contribution in [0.5, 0.6) is 0 Å². The quantitative estimate of drug-likeness (QED) is 0.671. The maximum Gasteiger partial charge on any atom is 0.329 e. The van der Waals surface area contributed by atoms with Crippen LogP contribution in [0.25, 0.3) is 6.08 Å². The standard InChI is InChI=1S/C13H16N2O2S/c1-3-4-7-15-12(16)11(14-13(15)17)8-10-6-5-9(2)18-10/h5-6,8H,3-4,7H2,1-2H3,(H,14,17). The summed E-state index contributed by atoms with van der Waals surface area (Å²) in [7, 11) is 0. The van der Waals surface area contributed by atoms with Gasteiger partial charge in [0.05, 0.1) is 0 Å². The molecule has 2 rings (SSSR count). The Hall–Kier alpha value is -1.62. The van der Waals surface area contributed by atoms with E-state index in [1.165, 1.54) is 9.78 Å². The Balaban J connectivity index is 2.14. The molecule has 0 bridgehead atoms. The van der Waals surface area contributed by atoms with Crippen LogP contribution in [0.1, 0.15) is 29.5 Å². The van der Waals surface area contributed by atoms with Crippen molar-refractivity contribution in [2.75, 3.05) is 6.54 Å². The molecule has 5 heteroatoms. The molecule has 1 aliphatic heterocycles. The van der Waals surface area contributed by atoms with E-state index in [2.05, 4.69) is 5.32 Å². The number of hydrogen-bond acceptors (Lipinski definition) is 3. The first kappa shape index (κ1) is 12.8. The predicted molar refractivity (Wildman–Crippen MR) is 72.2 cm³/mol. The topological polar surface area (TPSA) is 49.4 Å². The molecule has 18 heavy (non-hydrogen) atoms. The number of carbonyl (C=O) groups excluding carboxylic acids is 2. The van der Waals surface area contributed by atoms with Crippen LogP contribution in [0.2, 0.25) is 0 Å². The summed E-state index contributed by atoms with van der Waals surface area (Å²) in [4.78, 5) is 27.1. The largest absolute Gasteiger partial charge is 0.329 e. The Labute approximate surface area is 110 Å². The van der Waals surface area contributed by atoms with E-state index in [0.29, 0.717) is 12.2 Å². The molecule has 0 aliphatic carbocycles. The Morgan fingerprint density at radius 2 is 2.17 bits per heavy atom. The van der Waals surface area contributed by atoms with Crippen molar-refractivity contribution in [1.29, 1.82) is 0 Å². The first-order valence-electron chi connectivity index (χ1n) is 6.03. The molecule has 0 radical (unpaired) electrons. The van der Waals surface area contributed by atoms with Crippen molar-refractivity contribution in [1.82, 2.24) is 10.2 Å². The number of thiophene rings is 1. The van der Waals surface area contributed by atoms with E-state index in [1.807, 2.05) is 26.0 Å². The zero-order chi connectivity index (χ0) is 13.1. The summed E-state index contributed by atoms with van der Waals surface area (Å²) < 4.78 is 0. The molecule has 0 unspecified atom stereocenters. The van der Waals surface area contributed by atoms with Crippen LogP contribution >= 0.6 is 11.3 Å². The van der Waals surface area contributed by atoms with Gasteiger partial charge >= 0.3 is 6.03 Å². The zero-order valence-electron chi connectivity index (χ0n) is 10.5.